The lowest BCUT2D eigenvalue weighted by molar-refractivity contribution is -0.131. The van der Waals surface area contributed by atoms with Crippen LogP contribution in [0, 0.1) is 5.82 Å². The third kappa shape index (κ3) is 1.96. The van der Waals surface area contributed by atoms with Crippen molar-refractivity contribution in [2.75, 3.05) is 13.2 Å². The molecule has 0 aromatic heterocycles. The molecule has 5 nitrogen and oxygen atoms in total. The number of ether oxygens (including phenoxy) is 1. The minimum Gasteiger partial charge on any atom is -0.378 e. The highest BCUT2D eigenvalue weighted by molar-refractivity contribution is 6.31. The molecule has 3 rings (SSSR count). The van der Waals surface area contributed by atoms with Crippen molar-refractivity contribution in [3.05, 3.63) is 34.6 Å². The Morgan fingerprint density at radius 1 is 1.45 bits per heavy atom. The number of amides is 3. The molecule has 0 saturated carbocycles. The van der Waals surface area contributed by atoms with Gasteiger partial charge in [-0.15, -0.1) is 0 Å². The monoisotopic (exact) mass is 298 g/mol. The molecule has 2 aliphatic heterocycles. The maximum Gasteiger partial charge on any atom is 0.325 e. The van der Waals surface area contributed by atoms with Gasteiger partial charge in [0.2, 0.25) is 0 Å². The molecule has 2 aliphatic rings. The molecule has 2 saturated heterocycles. The average Bonchev–Trinajstić information content (AvgIpc) is 2.95. The molecule has 3 amide bonds. The van der Waals surface area contributed by atoms with Crippen LogP contribution in [-0.4, -0.2) is 35.6 Å². The lowest BCUT2D eigenvalue weighted by atomic mass is 9.99. The molecule has 2 heterocycles. The van der Waals surface area contributed by atoms with Crippen LogP contribution in [0.1, 0.15) is 12.0 Å². The number of nitrogens with one attached hydrogen (secondary N) is 1. The molecule has 106 valence electrons. The van der Waals surface area contributed by atoms with Gasteiger partial charge in [-0.05, 0) is 12.1 Å². The summed E-state index contributed by atoms with van der Waals surface area (Å²) in [6.45, 7) is 0.386. The van der Waals surface area contributed by atoms with E-state index < -0.39 is 17.4 Å². The summed E-state index contributed by atoms with van der Waals surface area (Å²) in [5.41, 5.74) is -0.858. The Hall–Kier alpha value is -1.66. The van der Waals surface area contributed by atoms with Crippen LogP contribution in [0.15, 0.2) is 18.2 Å². The number of imide groups is 1. The second-order valence-corrected chi connectivity index (χ2v) is 5.31. The average molecular weight is 299 g/mol. The van der Waals surface area contributed by atoms with Crippen molar-refractivity contribution in [1.82, 2.24) is 10.2 Å². The summed E-state index contributed by atoms with van der Waals surface area (Å²) in [6, 6.07) is 3.69. The van der Waals surface area contributed by atoms with Crippen molar-refractivity contribution < 1.29 is 18.7 Å². The smallest absolute Gasteiger partial charge is 0.325 e. The van der Waals surface area contributed by atoms with E-state index >= 15 is 0 Å². The van der Waals surface area contributed by atoms with Crippen LogP contribution in [-0.2, 0) is 16.1 Å². The first-order valence-electron chi connectivity index (χ1n) is 6.18. The Kier molecular flexibility index (Phi) is 3.14. The highest BCUT2D eigenvalue weighted by atomic mass is 35.5. The number of nitrogens with zero attached hydrogens (tertiary/aromatic N) is 1. The number of benzene rings is 1. The minimum absolute atomic E-state index is 0.133. The fourth-order valence-corrected chi connectivity index (χ4v) is 2.72. The Morgan fingerprint density at radius 3 is 2.90 bits per heavy atom. The van der Waals surface area contributed by atoms with Crippen molar-refractivity contribution in [2.45, 2.75) is 18.5 Å². The highest BCUT2D eigenvalue weighted by Crippen LogP contribution is 2.29. The van der Waals surface area contributed by atoms with Crippen LogP contribution in [0.3, 0.4) is 0 Å². The molecular weight excluding hydrogens is 287 g/mol. The number of hydrogen-bond acceptors (Lipinski definition) is 3. The summed E-state index contributed by atoms with van der Waals surface area (Å²) in [4.78, 5) is 25.3. The first-order chi connectivity index (χ1) is 9.53. The number of hydrogen-bond donors (Lipinski definition) is 1. The second-order valence-electron chi connectivity index (χ2n) is 4.91. The van der Waals surface area contributed by atoms with Crippen LogP contribution >= 0.6 is 11.6 Å². The number of urea groups is 1. The standard InChI is InChI=1S/C13H12ClFN2O3/c14-9-2-1-3-10(15)8(9)6-17-11(18)13(16-12(17)19)4-5-20-7-13/h1-3H,4-7H2,(H,16,19). The van der Waals surface area contributed by atoms with Gasteiger partial charge in [0.15, 0.2) is 0 Å². The number of rotatable bonds is 2. The van der Waals surface area contributed by atoms with Gasteiger partial charge in [0.05, 0.1) is 13.2 Å². The maximum absolute atomic E-state index is 13.7. The molecule has 1 aromatic rings. The lowest BCUT2D eigenvalue weighted by Gasteiger charge is -2.18. The summed E-state index contributed by atoms with van der Waals surface area (Å²) >= 11 is 5.92. The van der Waals surface area contributed by atoms with Gasteiger partial charge in [-0.2, -0.15) is 0 Å². The molecule has 1 atom stereocenters. The highest BCUT2D eigenvalue weighted by Gasteiger charge is 2.53. The van der Waals surface area contributed by atoms with Gasteiger partial charge in [-0.25, -0.2) is 9.18 Å². The van der Waals surface area contributed by atoms with Crippen molar-refractivity contribution in [3.63, 3.8) is 0 Å². The van der Waals surface area contributed by atoms with E-state index in [0.29, 0.717) is 13.0 Å². The van der Waals surface area contributed by atoms with Crippen molar-refractivity contribution in [1.29, 1.82) is 0 Å². The van der Waals surface area contributed by atoms with E-state index in [1.54, 1.807) is 0 Å². The first-order valence-corrected chi connectivity index (χ1v) is 6.56. The molecule has 20 heavy (non-hydrogen) atoms. The maximum atomic E-state index is 13.7. The molecule has 0 radical (unpaired) electrons. The third-order valence-electron chi connectivity index (χ3n) is 3.65. The molecular formula is C13H12ClFN2O3. The minimum atomic E-state index is -0.991. The number of carbonyl (C=O) groups excluding carboxylic acids is 2. The molecule has 1 N–H and O–H groups in total. The van der Waals surface area contributed by atoms with E-state index in [9.17, 15) is 14.0 Å². The molecule has 0 bridgehead atoms. The summed E-state index contributed by atoms with van der Waals surface area (Å²) in [5, 5.41) is 2.82. The van der Waals surface area contributed by atoms with Crippen molar-refractivity contribution in [2.24, 2.45) is 0 Å². The molecule has 1 unspecified atom stereocenters. The number of carbonyl (C=O) groups is 2. The molecule has 1 aromatic carbocycles. The first kappa shape index (κ1) is 13.3. The van der Waals surface area contributed by atoms with Gasteiger partial charge in [0, 0.05) is 23.6 Å². The zero-order valence-corrected chi connectivity index (χ0v) is 11.2. The second kappa shape index (κ2) is 4.71. The molecule has 1 spiro atoms. The van der Waals surface area contributed by atoms with E-state index in [1.807, 2.05) is 0 Å². The van der Waals surface area contributed by atoms with Gasteiger partial charge >= 0.3 is 6.03 Å². The summed E-state index contributed by atoms with van der Waals surface area (Å²) < 4.78 is 18.9. The van der Waals surface area contributed by atoms with Crippen LogP contribution in [0.5, 0.6) is 0 Å². The molecule has 2 fully saturated rings. The fraction of sp³-hybridized carbons (Fsp3) is 0.385. The van der Waals surface area contributed by atoms with Gasteiger partial charge < -0.3 is 10.1 Å². The molecule has 7 heteroatoms. The fourth-order valence-electron chi connectivity index (χ4n) is 2.49. The summed E-state index contributed by atoms with van der Waals surface area (Å²) in [5.74, 6) is -0.930. The summed E-state index contributed by atoms with van der Waals surface area (Å²) in [6.07, 6.45) is 0.430. The van der Waals surface area contributed by atoms with E-state index in [4.69, 9.17) is 16.3 Å². The van der Waals surface area contributed by atoms with Gasteiger partial charge in [-0.3, -0.25) is 9.69 Å². The van der Waals surface area contributed by atoms with E-state index in [0.717, 1.165) is 4.90 Å². The predicted octanol–water partition coefficient (Wildman–Crippen LogP) is 1.69. The van der Waals surface area contributed by atoms with E-state index in [-0.39, 0.29) is 29.6 Å². The Balaban J connectivity index is 1.88. The van der Waals surface area contributed by atoms with Crippen LogP contribution in [0.4, 0.5) is 9.18 Å². The van der Waals surface area contributed by atoms with Gasteiger partial charge in [0.25, 0.3) is 5.91 Å². The van der Waals surface area contributed by atoms with Crippen LogP contribution < -0.4 is 5.32 Å². The zero-order valence-electron chi connectivity index (χ0n) is 10.5. The van der Waals surface area contributed by atoms with E-state index in [1.165, 1.54) is 18.2 Å². The van der Waals surface area contributed by atoms with Gasteiger partial charge in [-0.1, -0.05) is 17.7 Å². The largest absolute Gasteiger partial charge is 0.378 e. The predicted molar refractivity (Wildman–Crippen MR) is 68.7 cm³/mol. The van der Waals surface area contributed by atoms with E-state index in [2.05, 4.69) is 5.32 Å². The topological polar surface area (TPSA) is 58.6 Å². The van der Waals surface area contributed by atoms with Gasteiger partial charge in [0.1, 0.15) is 11.4 Å². The Bertz CT molecular complexity index is 567. The Labute approximate surface area is 119 Å². The third-order valence-corrected chi connectivity index (χ3v) is 4.00. The van der Waals surface area contributed by atoms with Crippen LogP contribution in [0.2, 0.25) is 5.02 Å². The van der Waals surface area contributed by atoms with Crippen molar-refractivity contribution >= 4 is 23.5 Å². The molecule has 0 aliphatic carbocycles. The Morgan fingerprint density at radius 2 is 2.25 bits per heavy atom. The normalized spacial score (nSPS) is 25.6. The van der Waals surface area contributed by atoms with Crippen LogP contribution in [0.25, 0.3) is 0 Å². The SMILES string of the molecule is O=C1NC2(CCOC2)C(=O)N1Cc1c(F)cccc1Cl. The summed E-state index contributed by atoms with van der Waals surface area (Å²) in [7, 11) is 0. The quantitative estimate of drug-likeness (QED) is 0.845. The lowest BCUT2D eigenvalue weighted by Crippen LogP contribution is -2.47. The van der Waals surface area contributed by atoms with Crippen molar-refractivity contribution in [3.8, 4) is 0 Å². The number of halogens is 2. The zero-order chi connectivity index (χ0) is 14.3.